The lowest BCUT2D eigenvalue weighted by molar-refractivity contribution is -0.138. The van der Waals surface area contributed by atoms with Gasteiger partial charge in [-0.05, 0) is 6.07 Å². The fourth-order valence-electron chi connectivity index (χ4n) is 0.771. The predicted octanol–water partition coefficient (Wildman–Crippen LogP) is 2.39. The maximum Gasteiger partial charge on any atom is 0.417 e. The number of hydrogen-bond donors (Lipinski definition) is 1. The monoisotopic (exact) mass is 210 g/mol. The summed E-state index contributed by atoms with van der Waals surface area (Å²) in [6.45, 7) is 0. The van der Waals surface area contributed by atoms with Crippen LogP contribution in [0.5, 0.6) is 0 Å². The molecule has 1 aromatic heterocycles. The van der Waals surface area contributed by atoms with Gasteiger partial charge in [-0.25, -0.2) is 0 Å². The number of hydrogen-bond acceptors (Lipinski definition) is 2. The summed E-state index contributed by atoms with van der Waals surface area (Å²) in [4.78, 5) is 10.4. The van der Waals surface area contributed by atoms with Gasteiger partial charge in [0, 0.05) is 10.3 Å². The highest BCUT2D eigenvalue weighted by Gasteiger charge is 2.31. The minimum Gasteiger partial charge on any atom is -0.481 e. The fraction of sp³-hybridized carbons (Fsp3) is 0.286. The molecule has 0 spiro atoms. The maximum absolute atomic E-state index is 12.0. The van der Waals surface area contributed by atoms with Gasteiger partial charge in [0.2, 0.25) is 0 Å². The van der Waals surface area contributed by atoms with Crippen LogP contribution in [-0.2, 0) is 17.4 Å². The number of carboxylic acids is 1. The second kappa shape index (κ2) is 3.37. The van der Waals surface area contributed by atoms with E-state index in [0.717, 1.165) is 22.8 Å². The van der Waals surface area contributed by atoms with E-state index in [-0.39, 0.29) is 11.3 Å². The SMILES string of the molecule is O=C(O)Cc1cc(C(F)(F)F)cs1. The standard InChI is InChI=1S/C7H5F3O2S/c8-7(9,10)4-1-5(13-3-4)2-6(11)12/h1,3H,2H2,(H,11,12). The van der Waals surface area contributed by atoms with Gasteiger partial charge in [0.1, 0.15) is 0 Å². The molecule has 0 aliphatic rings. The van der Waals surface area contributed by atoms with Crippen molar-refractivity contribution in [1.29, 1.82) is 0 Å². The summed E-state index contributed by atoms with van der Waals surface area (Å²) in [5.41, 5.74) is -0.784. The van der Waals surface area contributed by atoms with Crippen molar-refractivity contribution in [3.8, 4) is 0 Å². The van der Waals surface area contributed by atoms with Gasteiger partial charge in [-0.2, -0.15) is 13.2 Å². The number of rotatable bonds is 2. The Kier molecular flexibility index (Phi) is 2.60. The molecule has 1 N–H and O–H groups in total. The third-order valence-corrected chi connectivity index (χ3v) is 2.24. The Morgan fingerprint density at radius 1 is 1.54 bits per heavy atom. The van der Waals surface area contributed by atoms with Crippen molar-refractivity contribution < 1.29 is 23.1 Å². The quantitative estimate of drug-likeness (QED) is 0.813. The molecule has 6 heteroatoms. The van der Waals surface area contributed by atoms with E-state index in [1.165, 1.54) is 0 Å². The minimum atomic E-state index is -4.38. The lowest BCUT2D eigenvalue weighted by atomic mass is 10.2. The molecule has 0 aliphatic carbocycles. The number of alkyl halides is 3. The van der Waals surface area contributed by atoms with E-state index in [1.54, 1.807) is 0 Å². The molecule has 13 heavy (non-hydrogen) atoms. The maximum atomic E-state index is 12.0. The molecule has 0 bridgehead atoms. The molecular weight excluding hydrogens is 205 g/mol. The van der Waals surface area contributed by atoms with E-state index in [2.05, 4.69) is 0 Å². The summed E-state index contributed by atoms with van der Waals surface area (Å²) in [5.74, 6) is -1.13. The van der Waals surface area contributed by atoms with Gasteiger partial charge >= 0.3 is 12.1 Å². The van der Waals surface area contributed by atoms with Gasteiger partial charge in [-0.1, -0.05) is 0 Å². The highest BCUT2D eigenvalue weighted by Crippen LogP contribution is 2.32. The summed E-state index contributed by atoms with van der Waals surface area (Å²) < 4.78 is 36.0. The summed E-state index contributed by atoms with van der Waals surface area (Å²) in [7, 11) is 0. The number of carbonyl (C=O) groups is 1. The Morgan fingerprint density at radius 3 is 2.54 bits per heavy atom. The molecule has 0 unspecified atom stereocenters. The fourth-order valence-corrected chi connectivity index (χ4v) is 1.65. The molecule has 0 saturated carbocycles. The number of halogens is 3. The third-order valence-electron chi connectivity index (χ3n) is 1.31. The van der Waals surface area contributed by atoms with Crippen molar-refractivity contribution in [1.82, 2.24) is 0 Å². The molecule has 1 aromatic rings. The van der Waals surface area contributed by atoms with Crippen molar-refractivity contribution >= 4 is 17.3 Å². The van der Waals surface area contributed by atoms with Crippen molar-refractivity contribution in [2.45, 2.75) is 12.6 Å². The average Bonchev–Trinajstić information content (AvgIpc) is 2.32. The lowest BCUT2D eigenvalue weighted by Crippen LogP contribution is -2.03. The molecule has 0 fully saturated rings. The van der Waals surface area contributed by atoms with Crippen LogP contribution in [0.4, 0.5) is 13.2 Å². The molecule has 0 aromatic carbocycles. The lowest BCUT2D eigenvalue weighted by Gasteiger charge is -2.00. The van der Waals surface area contributed by atoms with Crippen LogP contribution in [0, 0.1) is 0 Å². The Hall–Kier alpha value is -1.04. The Balaban J connectivity index is 2.81. The van der Waals surface area contributed by atoms with Crippen LogP contribution in [0.25, 0.3) is 0 Å². The van der Waals surface area contributed by atoms with Crippen LogP contribution in [0.3, 0.4) is 0 Å². The molecule has 0 saturated heterocycles. The van der Waals surface area contributed by atoms with E-state index < -0.39 is 17.7 Å². The van der Waals surface area contributed by atoms with Crippen molar-refractivity contribution in [2.75, 3.05) is 0 Å². The van der Waals surface area contributed by atoms with E-state index in [4.69, 9.17) is 5.11 Å². The molecular formula is C7H5F3O2S. The first-order valence-electron chi connectivity index (χ1n) is 3.26. The molecule has 0 atom stereocenters. The third kappa shape index (κ3) is 2.73. The van der Waals surface area contributed by atoms with Gasteiger partial charge in [0.05, 0.1) is 12.0 Å². The first kappa shape index (κ1) is 10.0. The van der Waals surface area contributed by atoms with E-state index in [9.17, 15) is 18.0 Å². The van der Waals surface area contributed by atoms with Gasteiger partial charge in [0.25, 0.3) is 0 Å². The smallest absolute Gasteiger partial charge is 0.417 e. The minimum absolute atomic E-state index is 0.208. The molecule has 0 amide bonds. The molecule has 1 rings (SSSR count). The first-order valence-corrected chi connectivity index (χ1v) is 4.14. The van der Waals surface area contributed by atoms with Gasteiger partial charge in [-0.3, -0.25) is 4.79 Å². The Bertz CT molecular complexity index is 316. The summed E-state index contributed by atoms with van der Waals surface area (Å²) >= 11 is 0.804. The molecule has 72 valence electrons. The van der Waals surface area contributed by atoms with Gasteiger partial charge < -0.3 is 5.11 Å². The van der Waals surface area contributed by atoms with Crippen LogP contribution in [-0.4, -0.2) is 11.1 Å². The largest absolute Gasteiger partial charge is 0.481 e. The van der Waals surface area contributed by atoms with E-state index in [1.807, 2.05) is 0 Å². The Labute approximate surface area is 75.6 Å². The highest BCUT2D eigenvalue weighted by atomic mass is 32.1. The zero-order chi connectivity index (χ0) is 10.1. The van der Waals surface area contributed by atoms with Crippen LogP contribution >= 0.6 is 11.3 Å². The van der Waals surface area contributed by atoms with Crippen molar-refractivity contribution in [3.63, 3.8) is 0 Å². The molecule has 0 aliphatic heterocycles. The van der Waals surface area contributed by atoms with Crippen LogP contribution in [0.15, 0.2) is 11.4 Å². The van der Waals surface area contributed by atoms with Gasteiger partial charge in [0.15, 0.2) is 0 Å². The number of carboxylic acid groups (broad SMARTS) is 1. The summed E-state index contributed by atoms with van der Waals surface area (Å²) in [6, 6.07) is 0.860. The topological polar surface area (TPSA) is 37.3 Å². The predicted molar refractivity (Wildman–Crippen MR) is 40.7 cm³/mol. The second-order valence-electron chi connectivity index (χ2n) is 2.37. The first-order chi connectivity index (χ1) is 5.89. The summed E-state index contributed by atoms with van der Waals surface area (Å²) in [6.07, 6.45) is -4.74. The molecule has 1 heterocycles. The average molecular weight is 210 g/mol. The zero-order valence-corrected chi connectivity index (χ0v) is 7.08. The van der Waals surface area contributed by atoms with E-state index in [0.29, 0.717) is 0 Å². The normalized spacial score (nSPS) is 11.6. The van der Waals surface area contributed by atoms with E-state index >= 15 is 0 Å². The van der Waals surface area contributed by atoms with Crippen molar-refractivity contribution in [2.24, 2.45) is 0 Å². The molecule has 2 nitrogen and oxygen atoms in total. The van der Waals surface area contributed by atoms with Gasteiger partial charge in [-0.15, -0.1) is 11.3 Å². The molecule has 0 radical (unpaired) electrons. The van der Waals surface area contributed by atoms with Crippen molar-refractivity contribution in [3.05, 3.63) is 21.9 Å². The highest BCUT2D eigenvalue weighted by molar-refractivity contribution is 7.10. The number of aliphatic carboxylic acids is 1. The van der Waals surface area contributed by atoms with Crippen LogP contribution in [0.1, 0.15) is 10.4 Å². The second-order valence-corrected chi connectivity index (χ2v) is 3.37. The van der Waals surface area contributed by atoms with Crippen LogP contribution < -0.4 is 0 Å². The zero-order valence-electron chi connectivity index (χ0n) is 6.26. The Morgan fingerprint density at radius 2 is 2.15 bits per heavy atom. The summed E-state index contributed by atoms with van der Waals surface area (Å²) in [5, 5.41) is 9.22. The number of thiophene rings is 1. The van der Waals surface area contributed by atoms with Crippen LogP contribution in [0.2, 0.25) is 0 Å².